The van der Waals surface area contributed by atoms with Gasteiger partial charge in [0, 0.05) is 35.2 Å². The molecule has 0 unspecified atom stereocenters. The zero-order valence-corrected chi connectivity index (χ0v) is 18.4. The standard InChI is InChI=1S/C19H22ClFN2O4S2/c1-3-22-19(24)14-11-13(7-8-18(14)27-2)29(25,26)23-9-10-28-12-15-16(20)5-4-6-17(15)21/h4-8,11,23H,3,9-10,12H2,1-2H3,(H,22,24). The van der Waals surface area contributed by atoms with Crippen LogP contribution in [0.3, 0.4) is 0 Å². The molecule has 0 aliphatic carbocycles. The second-order valence-corrected chi connectivity index (χ2v) is 9.15. The number of nitrogens with one attached hydrogen (secondary N) is 2. The summed E-state index contributed by atoms with van der Waals surface area (Å²) in [6, 6.07) is 8.56. The van der Waals surface area contributed by atoms with E-state index in [2.05, 4.69) is 10.0 Å². The van der Waals surface area contributed by atoms with E-state index in [1.807, 2.05) is 0 Å². The lowest BCUT2D eigenvalue weighted by molar-refractivity contribution is 0.0952. The smallest absolute Gasteiger partial charge is 0.255 e. The van der Waals surface area contributed by atoms with Crippen LogP contribution < -0.4 is 14.8 Å². The first kappa shape index (κ1) is 23.5. The fourth-order valence-electron chi connectivity index (χ4n) is 2.46. The van der Waals surface area contributed by atoms with Crippen molar-refractivity contribution in [1.82, 2.24) is 10.0 Å². The van der Waals surface area contributed by atoms with Gasteiger partial charge in [0.25, 0.3) is 5.91 Å². The van der Waals surface area contributed by atoms with E-state index in [9.17, 15) is 17.6 Å². The van der Waals surface area contributed by atoms with Crippen molar-refractivity contribution in [2.45, 2.75) is 17.6 Å². The number of thioether (sulfide) groups is 1. The van der Waals surface area contributed by atoms with Gasteiger partial charge >= 0.3 is 0 Å². The molecular weight excluding hydrogens is 439 g/mol. The summed E-state index contributed by atoms with van der Waals surface area (Å²) in [5.41, 5.74) is 0.532. The Morgan fingerprint density at radius 1 is 1.28 bits per heavy atom. The topological polar surface area (TPSA) is 84.5 Å². The average Bonchev–Trinajstić information content (AvgIpc) is 2.69. The molecule has 6 nitrogen and oxygen atoms in total. The van der Waals surface area contributed by atoms with Crippen molar-refractivity contribution in [1.29, 1.82) is 0 Å². The van der Waals surface area contributed by atoms with Crippen molar-refractivity contribution >= 4 is 39.3 Å². The van der Waals surface area contributed by atoms with Gasteiger partial charge in [-0.25, -0.2) is 17.5 Å². The second-order valence-electron chi connectivity index (χ2n) is 5.87. The second kappa shape index (κ2) is 10.8. The number of methoxy groups -OCH3 is 1. The lowest BCUT2D eigenvalue weighted by Gasteiger charge is -2.12. The van der Waals surface area contributed by atoms with Crippen LogP contribution in [-0.2, 0) is 15.8 Å². The van der Waals surface area contributed by atoms with Crippen molar-refractivity contribution in [3.63, 3.8) is 0 Å². The third-order valence-corrected chi connectivity index (χ3v) is 6.71. The van der Waals surface area contributed by atoms with Gasteiger partial charge in [-0.05, 0) is 37.3 Å². The Morgan fingerprint density at radius 3 is 2.69 bits per heavy atom. The van der Waals surface area contributed by atoms with Crippen LogP contribution in [0, 0.1) is 5.82 Å². The molecule has 2 aromatic carbocycles. The first-order valence-corrected chi connectivity index (χ1v) is 11.8. The molecule has 0 aliphatic rings. The van der Waals surface area contributed by atoms with E-state index in [0.29, 0.717) is 28.6 Å². The summed E-state index contributed by atoms with van der Waals surface area (Å²) in [5, 5.41) is 2.96. The highest BCUT2D eigenvalue weighted by atomic mass is 35.5. The summed E-state index contributed by atoms with van der Waals surface area (Å²) in [7, 11) is -2.41. The number of sulfonamides is 1. The number of benzene rings is 2. The summed E-state index contributed by atoms with van der Waals surface area (Å²) in [6.45, 7) is 2.31. The molecule has 0 spiro atoms. The molecule has 0 heterocycles. The van der Waals surface area contributed by atoms with Gasteiger partial charge in [0.15, 0.2) is 0 Å². The molecule has 2 aromatic rings. The maximum absolute atomic E-state index is 13.7. The predicted octanol–water partition coefficient (Wildman–Crippen LogP) is 3.45. The molecule has 0 aliphatic heterocycles. The lowest BCUT2D eigenvalue weighted by atomic mass is 10.2. The number of rotatable bonds is 10. The molecule has 0 saturated carbocycles. The van der Waals surface area contributed by atoms with Crippen molar-refractivity contribution in [2.24, 2.45) is 0 Å². The number of carbonyl (C=O) groups is 1. The highest BCUT2D eigenvalue weighted by Gasteiger charge is 2.19. The SMILES string of the molecule is CCNC(=O)c1cc(S(=O)(=O)NCCSCc2c(F)cccc2Cl)ccc1OC. The molecule has 2 N–H and O–H groups in total. The molecule has 0 bridgehead atoms. The number of carbonyl (C=O) groups excluding carboxylic acids is 1. The predicted molar refractivity (Wildman–Crippen MR) is 114 cm³/mol. The molecule has 158 valence electrons. The highest BCUT2D eigenvalue weighted by molar-refractivity contribution is 7.98. The Hall–Kier alpha value is -1.81. The minimum Gasteiger partial charge on any atom is -0.496 e. The Kier molecular flexibility index (Phi) is 8.76. The molecule has 2 rings (SSSR count). The van der Waals surface area contributed by atoms with Gasteiger partial charge in [-0.2, -0.15) is 11.8 Å². The van der Waals surface area contributed by atoms with Crippen LogP contribution in [0.15, 0.2) is 41.3 Å². The van der Waals surface area contributed by atoms with Crippen molar-refractivity contribution in [2.75, 3.05) is 26.0 Å². The number of amides is 1. The molecule has 0 radical (unpaired) electrons. The third kappa shape index (κ3) is 6.33. The zero-order valence-electron chi connectivity index (χ0n) is 16.0. The third-order valence-electron chi connectivity index (χ3n) is 3.91. The molecule has 29 heavy (non-hydrogen) atoms. The number of ether oxygens (including phenoxy) is 1. The summed E-state index contributed by atoms with van der Waals surface area (Å²) >= 11 is 7.33. The molecular formula is C19H22ClFN2O4S2. The Morgan fingerprint density at radius 2 is 2.03 bits per heavy atom. The normalized spacial score (nSPS) is 11.3. The van der Waals surface area contributed by atoms with Crippen molar-refractivity contribution < 1.29 is 22.3 Å². The Bertz CT molecular complexity index is 950. The van der Waals surface area contributed by atoms with E-state index in [1.54, 1.807) is 13.0 Å². The van der Waals surface area contributed by atoms with Crippen LogP contribution in [0.4, 0.5) is 4.39 Å². The zero-order chi connectivity index (χ0) is 21.4. The maximum Gasteiger partial charge on any atom is 0.255 e. The van der Waals surface area contributed by atoms with Gasteiger partial charge in [0.1, 0.15) is 11.6 Å². The Labute approximate surface area is 179 Å². The lowest BCUT2D eigenvalue weighted by Crippen LogP contribution is -2.27. The van der Waals surface area contributed by atoms with Gasteiger partial charge in [-0.3, -0.25) is 4.79 Å². The maximum atomic E-state index is 13.7. The van der Waals surface area contributed by atoms with Gasteiger partial charge in [-0.1, -0.05) is 17.7 Å². The van der Waals surface area contributed by atoms with E-state index in [-0.39, 0.29) is 28.6 Å². The molecule has 1 amide bonds. The number of hydrogen-bond acceptors (Lipinski definition) is 5. The van der Waals surface area contributed by atoms with Crippen molar-refractivity contribution in [3.8, 4) is 5.75 Å². The van der Waals surface area contributed by atoms with Gasteiger partial charge in [0.2, 0.25) is 10.0 Å². The molecule has 0 saturated heterocycles. The van der Waals surface area contributed by atoms with Crippen LogP contribution in [0.25, 0.3) is 0 Å². The Balaban J connectivity index is 1.99. The van der Waals surface area contributed by atoms with E-state index in [0.717, 1.165) is 0 Å². The minimum absolute atomic E-state index is 0.0401. The fraction of sp³-hybridized carbons (Fsp3) is 0.316. The number of hydrogen-bond donors (Lipinski definition) is 2. The van der Waals surface area contributed by atoms with E-state index in [4.69, 9.17) is 16.3 Å². The van der Waals surface area contributed by atoms with E-state index in [1.165, 1.54) is 49.2 Å². The van der Waals surface area contributed by atoms with Gasteiger partial charge < -0.3 is 10.1 Å². The van der Waals surface area contributed by atoms with E-state index < -0.39 is 15.9 Å². The quantitative estimate of drug-likeness (QED) is 0.530. The largest absolute Gasteiger partial charge is 0.496 e. The molecule has 0 aromatic heterocycles. The minimum atomic E-state index is -3.82. The average molecular weight is 461 g/mol. The summed E-state index contributed by atoms with van der Waals surface area (Å²) in [4.78, 5) is 12.1. The first-order valence-electron chi connectivity index (χ1n) is 8.76. The van der Waals surface area contributed by atoms with Crippen LogP contribution in [-0.4, -0.2) is 40.3 Å². The monoisotopic (exact) mass is 460 g/mol. The highest BCUT2D eigenvalue weighted by Crippen LogP contribution is 2.24. The molecule has 10 heteroatoms. The van der Waals surface area contributed by atoms with Gasteiger partial charge in [0.05, 0.1) is 17.6 Å². The van der Waals surface area contributed by atoms with Gasteiger partial charge in [-0.15, -0.1) is 0 Å². The van der Waals surface area contributed by atoms with Crippen molar-refractivity contribution in [3.05, 3.63) is 58.4 Å². The molecule has 0 atom stereocenters. The fourth-order valence-corrected chi connectivity index (χ4v) is 4.85. The molecule has 0 fully saturated rings. The summed E-state index contributed by atoms with van der Waals surface area (Å²) < 4.78 is 46.4. The van der Waals surface area contributed by atoms with Crippen LogP contribution in [0.2, 0.25) is 5.02 Å². The number of halogens is 2. The first-order chi connectivity index (χ1) is 13.8. The van der Waals surface area contributed by atoms with Crippen LogP contribution in [0.1, 0.15) is 22.8 Å². The van der Waals surface area contributed by atoms with Crippen LogP contribution in [0.5, 0.6) is 5.75 Å². The van der Waals surface area contributed by atoms with E-state index >= 15 is 0 Å². The summed E-state index contributed by atoms with van der Waals surface area (Å²) in [6.07, 6.45) is 0. The van der Waals surface area contributed by atoms with Crippen LogP contribution >= 0.6 is 23.4 Å². The summed E-state index contributed by atoms with van der Waals surface area (Å²) in [5.74, 6) is 0.230.